The summed E-state index contributed by atoms with van der Waals surface area (Å²) in [5, 5.41) is 1.99. The molecule has 0 bridgehead atoms. The number of methoxy groups -OCH3 is 1. The molecule has 1 unspecified atom stereocenters. The number of rotatable bonds is 4. The van der Waals surface area contributed by atoms with E-state index in [4.69, 9.17) is 10.5 Å². The molecule has 2 N–H and O–H groups in total. The first-order valence-electron chi connectivity index (χ1n) is 4.43. The van der Waals surface area contributed by atoms with Gasteiger partial charge in [-0.2, -0.15) is 0 Å². The quantitative estimate of drug-likeness (QED) is 0.770. The van der Waals surface area contributed by atoms with E-state index in [0.29, 0.717) is 13.0 Å². The van der Waals surface area contributed by atoms with Crippen molar-refractivity contribution >= 4 is 17.3 Å². The maximum atomic E-state index is 11.5. The van der Waals surface area contributed by atoms with Gasteiger partial charge in [-0.15, -0.1) is 11.3 Å². The lowest BCUT2D eigenvalue weighted by Crippen LogP contribution is -2.38. The highest BCUT2D eigenvalue weighted by molar-refractivity contribution is 7.09. The fourth-order valence-corrected chi connectivity index (χ4v) is 2.16. The van der Waals surface area contributed by atoms with Gasteiger partial charge in [0.15, 0.2) is 0 Å². The minimum absolute atomic E-state index is 0.242. The predicted octanol–water partition coefficient (Wildman–Crippen LogP) is 1.43. The Morgan fingerprint density at radius 1 is 1.71 bits per heavy atom. The Kier molecular flexibility index (Phi) is 3.66. The second kappa shape index (κ2) is 4.57. The first kappa shape index (κ1) is 11.2. The molecule has 0 radical (unpaired) electrons. The molecule has 0 amide bonds. The molecule has 0 spiro atoms. The van der Waals surface area contributed by atoms with Crippen LogP contribution in [-0.4, -0.2) is 19.6 Å². The third-order valence-electron chi connectivity index (χ3n) is 2.27. The first-order chi connectivity index (χ1) is 6.62. The molecule has 1 rings (SSSR count). The van der Waals surface area contributed by atoms with Gasteiger partial charge >= 0.3 is 5.97 Å². The molecule has 0 aliphatic heterocycles. The molecule has 0 aromatic carbocycles. The van der Waals surface area contributed by atoms with E-state index in [1.54, 1.807) is 11.3 Å². The molecule has 0 fully saturated rings. The van der Waals surface area contributed by atoms with E-state index in [1.165, 1.54) is 7.11 Å². The molecular weight excluding hydrogens is 198 g/mol. The molecule has 1 heterocycles. The van der Waals surface area contributed by atoms with E-state index < -0.39 is 5.41 Å². The van der Waals surface area contributed by atoms with Crippen molar-refractivity contribution in [3.05, 3.63) is 22.4 Å². The lowest BCUT2D eigenvalue weighted by molar-refractivity contribution is -0.151. The van der Waals surface area contributed by atoms with Crippen molar-refractivity contribution in [2.75, 3.05) is 13.7 Å². The van der Waals surface area contributed by atoms with Crippen LogP contribution < -0.4 is 5.73 Å². The van der Waals surface area contributed by atoms with Crippen molar-refractivity contribution in [3.8, 4) is 0 Å². The molecule has 4 heteroatoms. The number of hydrogen-bond acceptors (Lipinski definition) is 4. The molecule has 1 aromatic rings. The summed E-state index contributed by atoms with van der Waals surface area (Å²) in [4.78, 5) is 12.6. The summed E-state index contributed by atoms with van der Waals surface area (Å²) in [5.74, 6) is -0.242. The number of hydrogen-bond donors (Lipinski definition) is 1. The zero-order chi connectivity index (χ0) is 10.6. The van der Waals surface area contributed by atoms with Gasteiger partial charge in [0, 0.05) is 11.4 Å². The summed E-state index contributed by atoms with van der Waals surface area (Å²) in [6.45, 7) is 2.14. The van der Waals surface area contributed by atoms with Crippen molar-refractivity contribution in [2.45, 2.75) is 13.3 Å². The van der Waals surface area contributed by atoms with Gasteiger partial charge in [0.25, 0.3) is 0 Å². The second-order valence-corrected chi connectivity index (χ2v) is 4.54. The largest absolute Gasteiger partial charge is 0.469 e. The topological polar surface area (TPSA) is 52.3 Å². The molecule has 0 saturated heterocycles. The summed E-state index contributed by atoms with van der Waals surface area (Å²) >= 11 is 1.63. The average molecular weight is 213 g/mol. The minimum Gasteiger partial charge on any atom is -0.469 e. The standard InChI is InChI=1S/C10H15NO2S/c1-10(7-11,9(12)13-2)6-8-4-3-5-14-8/h3-5H,6-7,11H2,1-2H3. The molecule has 0 aliphatic rings. The highest BCUT2D eigenvalue weighted by Gasteiger charge is 2.33. The van der Waals surface area contributed by atoms with Crippen LogP contribution in [0.5, 0.6) is 0 Å². The Balaban J connectivity index is 2.76. The van der Waals surface area contributed by atoms with Gasteiger partial charge < -0.3 is 10.5 Å². The lowest BCUT2D eigenvalue weighted by atomic mass is 9.86. The highest BCUT2D eigenvalue weighted by Crippen LogP contribution is 2.25. The molecule has 1 atom stereocenters. The lowest BCUT2D eigenvalue weighted by Gasteiger charge is -2.23. The van der Waals surface area contributed by atoms with Gasteiger partial charge in [0.2, 0.25) is 0 Å². The molecule has 3 nitrogen and oxygen atoms in total. The van der Waals surface area contributed by atoms with Crippen LogP contribution in [0.3, 0.4) is 0 Å². The Hall–Kier alpha value is -0.870. The van der Waals surface area contributed by atoms with Gasteiger partial charge in [-0.1, -0.05) is 6.07 Å². The van der Waals surface area contributed by atoms with Gasteiger partial charge in [0.1, 0.15) is 0 Å². The summed E-state index contributed by atoms with van der Waals surface area (Å²) in [7, 11) is 1.39. The SMILES string of the molecule is COC(=O)C(C)(CN)Cc1cccs1. The van der Waals surface area contributed by atoms with E-state index >= 15 is 0 Å². The van der Waals surface area contributed by atoms with Crippen LogP contribution in [0.4, 0.5) is 0 Å². The monoisotopic (exact) mass is 213 g/mol. The minimum atomic E-state index is -0.598. The third kappa shape index (κ3) is 2.33. The van der Waals surface area contributed by atoms with Crippen LogP contribution in [0.2, 0.25) is 0 Å². The smallest absolute Gasteiger partial charge is 0.313 e. The molecule has 78 valence electrons. The number of carbonyl (C=O) groups excluding carboxylic acids is 1. The number of ether oxygens (including phenoxy) is 1. The molecule has 1 aromatic heterocycles. The summed E-state index contributed by atoms with van der Waals surface area (Å²) in [6, 6.07) is 3.97. The fraction of sp³-hybridized carbons (Fsp3) is 0.500. The van der Waals surface area contributed by atoms with Crippen molar-refractivity contribution in [1.29, 1.82) is 0 Å². The maximum absolute atomic E-state index is 11.5. The Labute approximate surface area is 87.9 Å². The number of carbonyl (C=O) groups is 1. The maximum Gasteiger partial charge on any atom is 0.313 e. The van der Waals surface area contributed by atoms with E-state index in [1.807, 2.05) is 24.4 Å². The fourth-order valence-electron chi connectivity index (χ4n) is 1.27. The second-order valence-electron chi connectivity index (χ2n) is 3.51. The number of thiophene rings is 1. The van der Waals surface area contributed by atoms with E-state index in [2.05, 4.69) is 0 Å². The van der Waals surface area contributed by atoms with Crippen molar-refractivity contribution < 1.29 is 9.53 Å². The predicted molar refractivity (Wildman–Crippen MR) is 57.2 cm³/mol. The summed E-state index contributed by atoms with van der Waals surface area (Å²) < 4.78 is 4.74. The van der Waals surface area contributed by atoms with Gasteiger partial charge in [0.05, 0.1) is 12.5 Å². The Morgan fingerprint density at radius 2 is 2.43 bits per heavy atom. The van der Waals surface area contributed by atoms with E-state index in [0.717, 1.165) is 4.88 Å². The van der Waals surface area contributed by atoms with Crippen LogP contribution >= 0.6 is 11.3 Å². The van der Waals surface area contributed by atoms with Gasteiger partial charge in [-0.25, -0.2) is 0 Å². The zero-order valence-electron chi connectivity index (χ0n) is 8.45. The average Bonchev–Trinajstić information content (AvgIpc) is 2.68. The van der Waals surface area contributed by atoms with Crippen LogP contribution in [-0.2, 0) is 16.0 Å². The van der Waals surface area contributed by atoms with Gasteiger partial charge in [-0.3, -0.25) is 4.79 Å². The zero-order valence-corrected chi connectivity index (χ0v) is 9.26. The molecule has 14 heavy (non-hydrogen) atoms. The van der Waals surface area contributed by atoms with Crippen LogP contribution in [0, 0.1) is 5.41 Å². The van der Waals surface area contributed by atoms with Crippen molar-refractivity contribution in [1.82, 2.24) is 0 Å². The van der Waals surface area contributed by atoms with Gasteiger partial charge in [-0.05, 0) is 24.8 Å². The Morgan fingerprint density at radius 3 is 2.86 bits per heavy atom. The van der Waals surface area contributed by atoms with E-state index in [-0.39, 0.29) is 5.97 Å². The highest BCUT2D eigenvalue weighted by atomic mass is 32.1. The summed E-state index contributed by atoms with van der Waals surface area (Å²) in [5.41, 5.74) is 5.01. The first-order valence-corrected chi connectivity index (χ1v) is 5.31. The normalized spacial score (nSPS) is 14.8. The van der Waals surface area contributed by atoms with Crippen LogP contribution in [0.1, 0.15) is 11.8 Å². The Bertz CT molecular complexity index is 297. The van der Waals surface area contributed by atoms with E-state index in [9.17, 15) is 4.79 Å². The number of nitrogens with two attached hydrogens (primary N) is 1. The third-order valence-corrected chi connectivity index (χ3v) is 3.15. The summed E-state index contributed by atoms with van der Waals surface area (Å²) in [6.07, 6.45) is 0.647. The number of esters is 1. The van der Waals surface area contributed by atoms with Crippen LogP contribution in [0.15, 0.2) is 17.5 Å². The van der Waals surface area contributed by atoms with Crippen LogP contribution in [0.25, 0.3) is 0 Å². The molecule has 0 saturated carbocycles. The van der Waals surface area contributed by atoms with Crippen molar-refractivity contribution in [3.63, 3.8) is 0 Å². The molecular formula is C10H15NO2S. The van der Waals surface area contributed by atoms with Crippen molar-refractivity contribution in [2.24, 2.45) is 11.1 Å². The molecule has 0 aliphatic carbocycles.